The summed E-state index contributed by atoms with van der Waals surface area (Å²) in [5.74, 6) is 0.561. The number of nitrogens with two attached hydrogens (primary N) is 1. The van der Waals surface area contributed by atoms with Crippen LogP contribution in [0.25, 0.3) is 0 Å². The molecule has 6 heteroatoms. The molecule has 14 heavy (non-hydrogen) atoms. The van der Waals surface area contributed by atoms with Crippen LogP contribution in [0.1, 0.15) is 12.8 Å². The minimum Gasteiger partial charge on any atom is -0.369 e. The quantitative estimate of drug-likeness (QED) is 0.372. The van der Waals surface area contributed by atoms with Crippen LogP contribution in [0.5, 0.6) is 0 Å². The predicted octanol–water partition coefficient (Wildman–Crippen LogP) is 0.513. The second kappa shape index (κ2) is 6.14. The van der Waals surface area contributed by atoms with Gasteiger partial charge in [0.2, 0.25) is 5.91 Å². The van der Waals surface area contributed by atoms with Gasteiger partial charge in [-0.1, -0.05) is 0 Å². The van der Waals surface area contributed by atoms with Crippen LogP contribution >= 0.6 is 25.0 Å². The molecule has 0 unspecified atom stereocenters. The van der Waals surface area contributed by atoms with Crippen molar-refractivity contribution in [3.05, 3.63) is 0 Å². The lowest BCUT2D eigenvalue weighted by Crippen LogP contribution is -2.44. The van der Waals surface area contributed by atoms with Crippen LogP contribution in [-0.2, 0) is 4.79 Å². The molecule has 3 N–H and O–H groups in total. The molecule has 0 aromatic heterocycles. The molecule has 0 radical (unpaired) electrons. The second-order valence-corrected chi connectivity index (χ2v) is 3.61. The molecule has 0 aromatic rings. The van der Waals surface area contributed by atoms with E-state index in [1.165, 1.54) is 0 Å². The SMILES string of the molecule is Cl.N=C(CS)N1CCC[C@H](C(N)=O)C1. The van der Waals surface area contributed by atoms with Crippen molar-refractivity contribution in [1.29, 1.82) is 5.41 Å². The Labute approximate surface area is 95.5 Å². The fourth-order valence-electron chi connectivity index (χ4n) is 1.55. The Kier molecular flexibility index (Phi) is 5.95. The van der Waals surface area contributed by atoms with Gasteiger partial charge in [-0.2, -0.15) is 12.6 Å². The van der Waals surface area contributed by atoms with Crippen molar-refractivity contribution in [3.63, 3.8) is 0 Å². The molecule has 82 valence electrons. The molecule has 1 saturated heterocycles. The van der Waals surface area contributed by atoms with Crippen LogP contribution in [0, 0.1) is 11.3 Å². The van der Waals surface area contributed by atoms with E-state index in [0.717, 1.165) is 19.4 Å². The largest absolute Gasteiger partial charge is 0.369 e. The van der Waals surface area contributed by atoms with Crippen LogP contribution in [0.3, 0.4) is 0 Å². The Hall–Kier alpha value is -0.420. The lowest BCUT2D eigenvalue weighted by atomic mass is 9.97. The van der Waals surface area contributed by atoms with Gasteiger partial charge in [-0.05, 0) is 12.8 Å². The summed E-state index contributed by atoms with van der Waals surface area (Å²) in [5, 5.41) is 7.56. The molecule has 1 aliphatic rings. The Bertz CT molecular complexity index is 225. The number of nitrogens with one attached hydrogen (secondary N) is 1. The van der Waals surface area contributed by atoms with Gasteiger partial charge in [0.15, 0.2) is 0 Å². The van der Waals surface area contributed by atoms with Gasteiger partial charge in [-0.3, -0.25) is 10.2 Å². The van der Waals surface area contributed by atoms with Gasteiger partial charge in [0.25, 0.3) is 0 Å². The van der Waals surface area contributed by atoms with E-state index >= 15 is 0 Å². The molecule has 1 heterocycles. The summed E-state index contributed by atoms with van der Waals surface area (Å²) >= 11 is 4.02. The smallest absolute Gasteiger partial charge is 0.222 e. The number of halogens is 1. The first-order chi connectivity index (χ1) is 6.15. The van der Waals surface area contributed by atoms with Gasteiger partial charge in [-0.15, -0.1) is 12.4 Å². The van der Waals surface area contributed by atoms with Gasteiger partial charge in [0.1, 0.15) is 5.84 Å². The zero-order valence-corrected chi connectivity index (χ0v) is 9.61. The third kappa shape index (κ3) is 3.38. The Morgan fingerprint density at radius 2 is 2.29 bits per heavy atom. The molecule has 1 rings (SSSR count). The summed E-state index contributed by atoms with van der Waals surface area (Å²) in [6, 6.07) is 0. The number of amidine groups is 1. The van der Waals surface area contributed by atoms with Crippen LogP contribution in [-0.4, -0.2) is 35.5 Å². The summed E-state index contributed by atoms with van der Waals surface area (Å²) in [5.41, 5.74) is 5.22. The minimum absolute atomic E-state index is 0. The number of piperidine rings is 1. The molecule has 0 spiro atoms. The molecule has 1 aliphatic heterocycles. The topological polar surface area (TPSA) is 70.2 Å². The van der Waals surface area contributed by atoms with Gasteiger partial charge >= 0.3 is 0 Å². The lowest BCUT2D eigenvalue weighted by molar-refractivity contribution is -0.122. The fraction of sp³-hybridized carbons (Fsp3) is 0.750. The summed E-state index contributed by atoms with van der Waals surface area (Å²) < 4.78 is 0. The fourth-order valence-corrected chi connectivity index (χ4v) is 1.75. The normalized spacial score (nSPS) is 21.2. The van der Waals surface area contributed by atoms with Crippen LogP contribution < -0.4 is 5.73 Å². The summed E-state index contributed by atoms with van der Waals surface area (Å²) in [6.45, 7) is 1.44. The van der Waals surface area contributed by atoms with Crippen LogP contribution in [0.2, 0.25) is 0 Å². The first-order valence-electron chi connectivity index (χ1n) is 4.37. The Morgan fingerprint density at radius 1 is 1.64 bits per heavy atom. The standard InChI is InChI=1S/C8H15N3OS.ClH/c9-7(5-13)11-3-1-2-6(4-11)8(10)12;/h6,9,13H,1-5H2,(H2,10,12);1H/t6-;/m0./s1. The number of nitrogens with zero attached hydrogens (tertiary/aromatic N) is 1. The molecule has 0 saturated carbocycles. The predicted molar refractivity (Wildman–Crippen MR) is 62.3 cm³/mol. The van der Waals surface area contributed by atoms with Gasteiger partial charge in [0, 0.05) is 18.8 Å². The number of amides is 1. The van der Waals surface area contributed by atoms with E-state index in [0.29, 0.717) is 18.1 Å². The van der Waals surface area contributed by atoms with E-state index in [4.69, 9.17) is 11.1 Å². The molecule has 0 bridgehead atoms. The number of carbonyl (C=O) groups excluding carboxylic acids is 1. The zero-order chi connectivity index (χ0) is 9.84. The van der Waals surface area contributed by atoms with Crippen molar-refractivity contribution < 1.29 is 4.79 Å². The lowest BCUT2D eigenvalue weighted by Gasteiger charge is -2.32. The third-order valence-corrected chi connectivity index (χ3v) is 2.65. The van der Waals surface area contributed by atoms with Crippen molar-refractivity contribution in [3.8, 4) is 0 Å². The average Bonchev–Trinajstić information content (AvgIpc) is 2.17. The highest BCUT2D eigenvalue weighted by Gasteiger charge is 2.24. The number of rotatable bonds is 2. The average molecular weight is 238 g/mol. The molecule has 0 aliphatic carbocycles. The van der Waals surface area contributed by atoms with Crippen molar-refractivity contribution in [1.82, 2.24) is 4.90 Å². The van der Waals surface area contributed by atoms with E-state index in [1.807, 2.05) is 4.90 Å². The Morgan fingerprint density at radius 3 is 2.79 bits per heavy atom. The van der Waals surface area contributed by atoms with Crippen molar-refractivity contribution in [2.24, 2.45) is 11.7 Å². The first kappa shape index (κ1) is 13.6. The molecule has 1 atom stereocenters. The number of hydrogen-bond acceptors (Lipinski definition) is 3. The highest BCUT2D eigenvalue weighted by molar-refractivity contribution is 7.81. The number of carbonyl (C=O) groups is 1. The van der Waals surface area contributed by atoms with Gasteiger partial charge in [-0.25, -0.2) is 0 Å². The van der Waals surface area contributed by atoms with Crippen molar-refractivity contribution in [2.75, 3.05) is 18.8 Å². The number of hydrogen-bond donors (Lipinski definition) is 3. The van der Waals surface area contributed by atoms with Crippen molar-refractivity contribution >= 4 is 36.8 Å². The van der Waals surface area contributed by atoms with Gasteiger partial charge in [0.05, 0.1) is 5.92 Å². The zero-order valence-electron chi connectivity index (χ0n) is 7.90. The summed E-state index contributed by atoms with van der Waals surface area (Å²) in [4.78, 5) is 12.8. The van der Waals surface area contributed by atoms with Gasteiger partial charge < -0.3 is 10.6 Å². The van der Waals surface area contributed by atoms with E-state index in [2.05, 4.69) is 12.6 Å². The second-order valence-electron chi connectivity index (χ2n) is 3.29. The molecule has 1 amide bonds. The maximum absolute atomic E-state index is 10.9. The third-order valence-electron chi connectivity index (χ3n) is 2.36. The summed E-state index contributed by atoms with van der Waals surface area (Å²) in [7, 11) is 0. The van der Waals surface area contributed by atoms with Crippen LogP contribution in [0.4, 0.5) is 0 Å². The summed E-state index contributed by atoms with van der Waals surface area (Å²) in [6.07, 6.45) is 1.79. The highest BCUT2D eigenvalue weighted by atomic mass is 35.5. The molecule has 0 aromatic carbocycles. The molecular formula is C8H16ClN3OS. The molecule has 4 nitrogen and oxygen atoms in total. The van der Waals surface area contributed by atoms with Crippen LogP contribution in [0.15, 0.2) is 0 Å². The molecule has 1 fully saturated rings. The van der Waals surface area contributed by atoms with Crippen molar-refractivity contribution in [2.45, 2.75) is 12.8 Å². The molecular weight excluding hydrogens is 222 g/mol. The Balaban J connectivity index is 0.00000169. The van der Waals surface area contributed by atoms with E-state index in [-0.39, 0.29) is 24.2 Å². The number of primary amides is 1. The number of likely N-dealkylation sites (tertiary alicyclic amines) is 1. The maximum atomic E-state index is 10.9. The monoisotopic (exact) mass is 237 g/mol. The highest BCUT2D eigenvalue weighted by Crippen LogP contribution is 2.16. The number of thiol groups is 1. The van der Waals surface area contributed by atoms with E-state index in [1.54, 1.807) is 0 Å². The van der Waals surface area contributed by atoms with E-state index < -0.39 is 0 Å². The first-order valence-corrected chi connectivity index (χ1v) is 5.01. The minimum atomic E-state index is -0.253. The maximum Gasteiger partial charge on any atom is 0.222 e. The van der Waals surface area contributed by atoms with E-state index in [9.17, 15) is 4.79 Å².